The highest BCUT2D eigenvalue weighted by Gasteiger charge is 2.21. The van der Waals surface area contributed by atoms with E-state index in [0.29, 0.717) is 31.3 Å². The fourth-order valence-corrected chi connectivity index (χ4v) is 3.20. The van der Waals surface area contributed by atoms with Gasteiger partial charge < -0.3 is 20.1 Å². The number of aromatic nitrogens is 2. The Morgan fingerprint density at radius 1 is 1.42 bits per heavy atom. The third-order valence-corrected chi connectivity index (χ3v) is 4.32. The van der Waals surface area contributed by atoms with Gasteiger partial charge in [-0.05, 0) is 40.7 Å². The normalized spacial score (nSPS) is 14.3. The van der Waals surface area contributed by atoms with Gasteiger partial charge in [-0.2, -0.15) is 5.10 Å². The van der Waals surface area contributed by atoms with E-state index < -0.39 is 6.04 Å². The van der Waals surface area contributed by atoms with Crippen LogP contribution in [-0.2, 0) is 18.4 Å². The molecule has 24 heavy (non-hydrogen) atoms. The summed E-state index contributed by atoms with van der Waals surface area (Å²) >= 11 is 3.48. The number of nitrogens with zero attached hydrogens (tertiary/aromatic N) is 2. The summed E-state index contributed by atoms with van der Waals surface area (Å²) in [5.74, 6) is 1.29. The molecule has 2 N–H and O–H groups in total. The number of hydrogen-bond acceptors (Lipinski definition) is 5. The zero-order valence-electron chi connectivity index (χ0n) is 13.5. The number of benzene rings is 1. The fraction of sp³-hybridized carbons (Fsp3) is 0.375. The Balaban J connectivity index is 1.68. The van der Waals surface area contributed by atoms with Crippen molar-refractivity contribution in [2.45, 2.75) is 12.6 Å². The molecule has 0 saturated carbocycles. The van der Waals surface area contributed by atoms with Crippen LogP contribution in [0.2, 0.25) is 0 Å². The van der Waals surface area contributed by atoms with Crippen molar-refractivity contribution in [2.75, 3.05) is 20.3 Å². The van der Waals surface area contributed by atoms with Gasteiger partial charge in [-0.25, -0.2) is 0 Å². The third-order valence-electron chi connectivity index (χ3n) is 3.73. The van der Waals surface area contributed by atoms with Crippen LogP contribution >= 0.6 is 15.9 Å². The second-order valence-electron chi connectivity index (χ2n) is 5.49. The maximum atomic E-state index is 12.5. The first kappa shape index (κ1) is 16.8. The summed E-state index contributed by atoms with van der Waals surface area (Å²) < 4.78 is 13.7. The van der Waals surface area contributed by atoms with Gasteiger partial charge in [0.1, 0.15) is 19.3 Å². The van der Waals surface area contributed by atoms with Gasteiger partial charge in [-0.3, -0.25) is 9.48 Å². The molecule has 0 spiro atoms. The van der Waals surface area contributed by atoms with E-state index in [4.69, 9.17) is 9.47 Å². The SMILES string of the molecule is CNC(C(=O)NCc1cc(Br)c2c(c1)OCCO2)c1cnn(C)c1. The van der Waals surface area contributed by atoms with Crippen LogP contribution in [0.1, 0.15) is 17.2 Å². The number of aryl methyl sites for hydroxylation is 1. The Morgan fingerprint density at radius 3 is 2.92 bits per heavy atom. The molecule has 7 nitrogen and oxygen atoms in total. The van der Waals surface area contributed by atoms with Crippen LogP contribution in [0.3, 0.4) is 0 Å². The molecule has 2 heterocycles. The van der Waals surface area contributed by atoms with Gasteiger partial charge in [-0.1, -0.05) is 0 Å². The number of amides is 1. The first-order valence-electron chi connectivity index (χ1n) is 7.60. The lowest BCUT2D eigenvalue weighted by atomic mass is 10.1. The van der Waals surface area contributed by atoms with E-state index in [1.165, 1.54) is 0 Å². The monoisotopic (exact) mass is 394 g/mol. The number of carbonyl (C=O) groups excluding carboxylic acids is 1. The van der Waals surface area contributed by atoms with Gasteiger partial charge in [0.2, 0.25) is 5.91 Å². The number of carbonyl (C=O) groups is 1. The van der Waals surface area contributed by atoms with Crippen LogP contribution in [0, 0.1) is 0 Å². The van der Waals surface area contributed by atoms with Crippen LogP contribution < -0.4 is 20.1 Å². The van der Waals surface area contributed by atoms with E-state index in [2.05, 4.69) is 31.7 Å². The number of rotatable bonds is 5. The van der Waals surface area contributed by atoms with Gasteiger partial charge >= 0.3 is 0 Å². The van der Waals surface area contributed by atoms with E-state index >= 15 is 0 Å². The topological polar surface area (TPSA) is 77.4 Å². The summed E-state index contributed by atoms with van der Waals surface area (Å²) in [6.07, 6.45) is 3.50. The van der Waals surface area contributed by atoms with Gasteiger partial charge in [0.05, 0.1) is 10.7 Å². The molecular formula is C16H19BrN4O3. The van der Waals surface area contributed by atoms with Gasteiger partial charge in [0.25, 0.3) is 0 Å². The van der Waals surface area contributed by atoms with Crippen LogP contribution in [0.15, 0.2) is 29.0 Å². The number of fused-ring (bicyclic) bond motifs is 1. The van der Waals surface area contributed by atoms with Crippen molar-refractivity contribution in [3.8, 4) is 11.5 Å². The highest BCUT2D eigenvalue weighted by atomic mass is 79.9. The first-order chi connectivity index (χ1) is 11.6. The molecule has 1 aromatic heterocycles. The second kappa shape index (κ2) is 7.23. The van der Waals surface area contributed by atoms with E-state index in [1.807, 2.05) is 25.4 Å². The van der Waals surface area contributed by atoms with Gasteiger partial charge in [0.15, 0.2) is 11.5 Å². The number of ether oxygens (including phenoxy) is 2. The third kappa shape index (κ3) is 3.54. The molecule has 0 bridgehead atoms. The standard InChI is InChI=1S/C16H19BrN4O3/c1-18-14(11-8-20-21(2)9-11)16(22)19-7-10-5-12(17)15-13(6-10)23-3-4-24-15/h5-6,8-9,14,18H,3-4,7H2,1-2H3,(H,19,22). The van der Waals surface area contributed by atoms with Crippen molar-refractivity contribution >= 4 is 21.8 Å². The molecule has 1 unspecified atom stereocenters. The lowest BCUT2D eigenvalue weighted by Gasteiger charge is -2.21. The molecular weight excluding hydrogens is 376 g/mol. The zero-order valence-corrected chi connectivity index (χ0v) is 15.1. The summed E-state index contributed by atoms with van der Waals surface area (Å²) in [5.41, 5.74) is 1.75. The predicted octanol–water partition coefficient (Wildman–Crippen LogP) is 1.53. The lowest BCUT2D eigenvalue weighted by Crippen LogP contribution is -2.35. The number of hydrogen-bond donors (Lipinski definition) is 2. The fourth-order valence-electron chi connectivity index (χ4n) is 2.60. The molecule has 1 amide bonds. The van der Waals surface area contributed by atoms with Crippen LogP contribution in [0.5, 0.6) is 11.5 Å². The maximum absolute atomic E-state index is 12.5. The Kier molecular flexibility index (Phi) is 5.06. The van der Waals surface area contributed by atoms with Crippen molar-refractivity contribution in [3.63, 3.8) is 0 Å². The minimum absolute atomic E-state index is 0.114. The highest BCUT2D eigenvalue weighted by molar-refractivity contribution is 9.10. The Bertz CT molecular complexity index is 747. The summed E-state index contributed by atoms with van der Waals surface area (Å²) in [7, 11) is 3.57. The van der Waals surface area contributed by atoms with Crippen molar-refractivity contribution in [2.24, 2.45) is 7.05 Å². The molecule has 2 aromatic rings. The predicted molar refractivity (Wildman–Crippen MR) is 92.0 cm³/mol. The van der Waals surface area contributed by atoms with Crippen LogP contribution in [-0.4, -0.2) is 35.9 Å². The minimum Gasteiger partial charge on any atom is -0.486 e. The first-order valence-corrected chi connectivity index (χ1v) is 8.39. The minimum atomic E-state index is -0.445. The molecule has 1 aliphatic rings. The molecule has 0 saturated heterocycles. The number of nitrogens with one attached hydrogen (secondary N) is 2. The summed E-state index contributed by atoms with van der Waals surface area (Å²) in [6, 6.07) is 3.36. The quantitative estimate of drug-likeness (QED) is 0.803. The molecule has 0 aliphatic carbocycles. The van der Waals surface area contributed by atoms with E-state index in [9.17, 15) is 4.79 Å². The molecule has 3 rings (SSSR count). The molecule has 8 heteroatoms. The molecule has 0 fully saturated rings. The van der Waals surface area contributed by atoms with Gasteiger partial charge in [-0.15, -0.1) is 0 Å². The Labute approximate surface area is 148 Å². The maximum Gasteiger partial charge on any atom is 0.242 e. The molecule has 128 valence electrons. The summed E-state index contributed by atoms with van der Waals surface area (Å²) in [4.78, 5) is 12.5. The molecule has 1 atom stereocenters. The van der Waals surface area contributed by atoms with Gasteiger partial charge in [0, 0.05) is 25.4 Å². The highest BCUT2D eigenvalue weighted by Crippen LogP contribution is 2.38. The van der Waals surface area contributed by atoms with E-state index in [1.54, 1.807) is 17.9 Å². The number of likely N-dealkylation sites (N-methyl/N-ethyl adjacent to an activating group) is 1. The average molecular weight is 395 g/mol. The average Bonchev–Trinajstić information content (AvgIpc) is 3.00. The summed E-state index contributed by atoms with van der Waals surface area (Å²) in [6.45, 7) is 1.46. The van der Waals surface area contributed by atoms with Crippen molar-refractivity contribution in [1.82, 2.24) is 20.4 Å². The Hall–Kier alpha value is -2.06. The largest absolute Gasteiger partial charge is 0.486 e. The second-order valence-corrected chi connectivity index (χ2v) is 6.34. The number of halogens is 1. The smallest absolute Gasteiger partial charge is 0.242 e. The van der Waals surface area contributed by atoms with Crippen LogP contribution in [0.25, 0.3) is 0 Å². The Morgan fingerprint density at radius 2 is 2.21 bits per heavy atom. The van der Waals surface area contributed by atoms with Crippen LogP contribution in [0.4, 0.5) is 0 Å². The molecule has 0 radical (unpaired) electrons. The summed E-state index contributed by atoms with van der Waals surface area (Å²) in [5, 5.41) is 10.1. The van der Waals surface area contributed by atoms with E-state index in [0.717, 1.165) is 15.6 Å². The molecule has 1 aliphatic heterocycles. The zero-order chi connectivity index (χ0) is 17.1. The molecule has 1 aromatic carbocycles. The van der Waals surface area contributed by atoms with Crippen molar-refractivity contribution in [1.29, 1.82) is 0 Å². The van der Waals surface area contributed by atoms with Crippen molar-refractivity contribution < 1.29 is 14.3 Å². The van der Waals surface area contributed by atoms with E-state index in [-0.39, 0.29) is 5.91 Å². The lowest BCUT2D eigenvalue weighted by molar-refractivity contribution is -0.123. The van der Waals surface area contributed by atoms with Crippen molar-refractivity contribution in [3.05, 3.63) is 40.1 Å².